The van der Waals surface area contributed by atoms with Crippen molar-refractivity contribution in [1.29, 1.82) is 0 Å². The number of hydrogen-bond donors (Lipinski definition) is 0. The number of hydrogen-bond acceptors (Lipinski definition) is 5. The van der Waals surface area contributed by atoms with E-state index >= 15 is 0 Å². The van der Waals surface area contributed by atoms with E-state index in [1.807, 2.05) is 37.3 Å². The molecule has 35 heavy (non-hydrogen) atoms. The lowest BCUT2D eigenvalue weighted by atomic mass is 9.90. The number of cyclic esters (lactones) is 1. The van der Waals surface area contributed by atoms with Gasteiger partial charge >= 0.3 is 5.97 Å². The van der Waals surface area contributed by atoms with Gasteiger partial charge in [-0.1, -0.05) is 32.9 Å². The Morgan fingerprint density at radius 2 is 1.71 bits per heavy atom. The summed E-state index contributed by atoms with van der Waals surface area (Å²) in [5.74, 6) is 1.94. The number of carbonyl (C=O) groups excluding carboxylic acids is 1. The molecule has 1 aromatic rings. The van der Waals surface area contributed by atoms with Crippen molar-refractivity contribution in [3.63, 3.8) is 0 Å². The lowest BCUT2D eigenvalue weighted by molar-refractivity contribution is -0.142. The number of rotatable bonds is 5. The lowest BCUT2D eigenvalue weighted by Crippen LogP contribution is -2.45. The van der Waals surface area contributed by atoms with E-state index in [4.69, 9.17) is 18.6 Å². The van der Waals surface area contributed by atoms with Crippen LogP contribution in [0.2, 0.25) is 18.1 Å². The molecule has 1 aliphatic heterocycles. The zero-order valence-corrected chi connectivity index (χ0v) is 23.6. The maximum Gasteiger partial charge on any atom is 0.330 e. The Balaban J connectivity index is 1.87. The molecule has 5 nitrogen and oxygen atoms in total. The van der Waals surface area contributed by atoms with Gasteiger partial charge in [0.15, 0.2) is 8.32 Å². The minimum Gasteiger partial charge on any atom is -0.497 e. The summed E-state index contributed by atoms with van der Waals surface area (Å²) in [7, 11) is -0.410. The molecule has 0 bridgehead atoms. The average Bonchev–Trinajstić information content (AvgIpc) is 3.18. The molecule has 1 saturated carbocycles. The molecule has 0 spiro atoms. The first-order valence-electron chi connectivity index (χ1n) is 13.0. The van der Waals surface area contributed by atoms with E-state index in [9.17, 15) is 4.79 Å². The van der Waals surface area contributed by atoms with Crippen LogP contribution in [0.15, 0.2) is 48.6 Å². The molecule has 0 amide bonds. The molecule has 0 saturated heterocycles. The maximum absolute atomic E-state index is 12.5. The van der Waals surface area contributed by atoms with E-state index in [-0.39, 0.29) is 35.2 Å². The van der Waals surface area contributed by atoms with Crippen molar-refractivity contribution >= 4 is 14.3 Å². The number of fused-ring (bicyclic) bond motifs is 1. The van der Waals surface area contributed by atoms with Gasteiger partial charge in [0, 0.05) is 6.08 Å². The summed E-state index contributed by atoms with van der Waals surface area (Å²) in [4.78, 5) is 12.5. The second-order valence-corrected chi connectivity index (χ2v) is 16.3. The molecule has 2 aliphatic rings. The molecular weight excluding hydrogens is 456 g/mol. The molecule has 1 unspecified atom stereocenters. The molecule has 3 rings (SSSR count). The summed E-state index contributed by atoms with van der Waals surface area (Å²) in [6.45, 7) is 13.3. The van der Waals surface area contributed by atoms with E-state index in [1.165, 1.54) is 0 Å². The third-order valence-electron chi connectivity index (χ3n) is 7.75. The van der Waals surface area contributed by atoms with E-state index in [0.29, 0.717) is 5.92 Å². The standard InChI is InChI=1S/C29H44O5Si/c1-21-11-9-8-10-12-22-19-25(33-24-15-13-23(31-5)14-16-24)20-26(22)27(17-18-28(30)32-21)34-35(6,7)29(2,3)4/h10,12-18,21-22,25-27H,8-9,11,19-20H2,1-7H3/b12-10+,18-17+/t21-,22+,25-,26+,27?/m0/s1. The summed E-state index contributed by atoms with van der Waals surface area (Å²) in [5, 5.41) is 0.0694. The van der Waals surface area contributed by atoms with Gasteiger partial charge < -0.3 is 18.6 Å². The third-order valence-corrected chi connectivity index (χ3v) is 12.2. The molecule has 5 atom stereocenters. The quantitative estimate of drug-likeness (QED) is 0.245. The zero-order chi connectivity index (χ0) is 25.6. The van der Waals surface area contributed by atoms with Gasteiger partial charge in [0.05, 0.1) is 25.4 Å². The van der Waals surface area contributed by atoms with Crippen LogP contribution >= 0.6 is 0 Å². The lowest BCUT2D eigenvalue weighted by Gasteiger charge is -2.41. The summed E-state index contributed by atoms with van der Waals surface area (Å²) in [6, 6.07) is 7.78. The van der Waals surface area contributed by atoms with Crippen LogP contribution in [0.1, 0.15) is 59.8 Å². The molecule has 1 aromatic carbocycles. The second-order valence-electron chi connectivity index (χ2n) is 11.5. The molecule has 6 heteroatoms. The first kappa shape index (κ1) is 27.5. The maximum atomic E-state index is 12.5. The monoisotopic (exact) mass is 500 g/mol. The van der Waals surface area contributed by atoms with Gasteiger partial charge in [0.1, 0.15) is 11.5 Å². The Kier molecular flexibility index (Phi) is 9.27. The average molecular weight is 501 g/mol. The molecule has 0 aromatic heterocycles. The Hall–Kier alpha value is -2.05. The van der Waals surface area contributed by atoms with Crippen LogP contribution in [-0.2, 0) is 14.0 Å². The number of ether oxygens (including phenoxy) is 3. The Bertz CT molecular complexity index is 883. The van der Waals surface area contributed by atoms with Crippen LogP contribution in [-0.4, -0.2) is 39.7 Å². The second kappa shape index (κ2) is 11.8. The van der Waals surface area contributed by atoms with E-state index in [0.717, 1.165) is 43.6 Å². The number of esters is 1. The smallest absolute Gasteiger partial charge is 0.330 e. The van der Waals surface area contributed by atoms with Gasteiger partial charge in [-0.25, -0.2) is 4.79 Å². The topological polar surface area (TPSA) is 54.0 Å². The first-order chi connectivity index (χ1) is 16.5. The Morgan fingerprint density at radius 3 is 2.37 bits per heavy atom. The van der Waals surface area contributed by atoms with Gasteiger partial charge in [0.25, 0.3) is 0 Å². The molecular formula is C29H44O5Si. The van der Waals surface area contributed by atoms with Crippen LogP contribution in [0.25, 0.3) is 0 Å². The highest BCUT2D eigenvalue weighted by atomic mass is 28.4. The molecule has 1 heterocycles. The van der Waals surface area contributed by atoms with Gasteiger partial charge in [-0.15, -0.1) is 0 Å². The first-order valence-corrected chi connectivity index (χ1v) is 15.9. The minimum absolute atomic E-state index is 0.0694. The number of allylic oxidation sites excluding steroid dienone is 2. The van der Waals surface area contributed by atoms with Crippen LogP contribution < -0.4 is 9.47 Å². The third kappa shape index (κ3) is 7.71. The summed E-state index contributed by atoms with van der Waals surface area (Å²) >= 11 is 0. The Morgan fingerprint density at radius 1 is 1.03 bits per heavy atom. The highest BCUT2D eigenvalue weighted by Gasteiger charge is 2.44. The SMILES string of the molecule is COc1ccc(O[C@H]2C[C@H]3/C=C/CCC[C@H](C)OC(=O)/C=C/C(O[Si](C)(C)C(C)(C)C)[C@@H]3C2)cc1. The fraction of sp³-hybridized carbons (Fsp3) is 0.621. The highest BCUT2D eigenvalue weighted by Crippen LogP contribution is 2.43. The fourth-order valence-corrected chi connectivity index (χ4v) is 5.93. The molecule has 0 radical (unpaired) electrons. The summed E-state index contributed by atoms with van der Waals surface area (Å²) in [5.41, 5.74) is 0. The van der Waals surface area contributed by atoms with Crippen LogP contribution in [0.5, 0.6) is 11.5 Å². The van der Waals surface area contributed by atoms with Crippen LogP contribution in [0, 0.1) is 11.8 Å². The molecule has 0 N–H and O–H groups in total. The minimum atomic E-state index is -2.08. The normalized spacial score (nSPS) is 30.1. The number of carbonyl (C=O) groups is 1. The molecule has 1 fully saturated rings. The van der Waals surface area contributed by atoms with Crippen LogP contribution in [0.4, 0.5) is 0 Å². The van der Waals surface area contributed by atoms with Crippen molar-refractivity contribution in [2.75, 3.05) is 7.11 Å². The van der Waals surface area contributed by atoms with Gasteiger partial charge in [-0.2, -0.15) is 0 Å². The molecule has 1 aliphatic carbocycles. The predicted molar refractivity (Wildman–Crippen MR) is 143 cm³/mol. The van der Waals surface area contributed by atoms with E-state index in [2.05, 4.69) is 46.0 Å². The largest absolute Gasteiger partial charge is 0.497 e. The predicted octanol–water partition coefficient (Wildman–Crippen LogP) is 7.09. The summed E-state index contributed by atoms with van der Waals surface area (Å²) in [6.07, 6.45) is 12.7. The van der Waals surface area contributed by atoms with Crippen LogP contribution in [0.3, 0.4) is 0 Å². The summed E-state index contributed by atoms with van der Waals surface area (Å²) < 4.78 is 24.2. The van der Waals surface area contributed by atoms with Crippen molar-refractivity contribution in [3.8, 4) is 11.5 Å². The Labute approximate surface area is 213 Å². The van der Waals surface area contributed by atoms with E-state index < -0.39 is 8.32 Å². The molecule has 194 valence electrons. The number of methoxy groups -OCH3 is 1. The van der Waals surface area contributed by atoms with Gasteiger partial charge in [-0.3, -0.25) is 0 Å². The highest BCUT2D eigenvalue weighted by molar-refractivity contribution is 6.74. The van der Waals surface area contributed by atoms with Crippen molar-refractivity contribution in [2.24, 2.45) is 11.8 Å². The van der Waals surface area contributed by atoms with Gasteiger partial charge in [-0.05, 0) is 99.3 Å². The van der Waals surface area contributed by atoms with E-state index in [1.54, 1.807) is 13.2 Å². The number of benzene rings is 1. The zero-order valence-electron chi connectivity index (χ0n) is 22.6. The fourth-order valence-electron chi connectivity index (χ4n) is 4.65. The van der Waals surface area contributed by atoms with Crippen molar-refractivity contribution < 1.29 is 23.4 Å². The van der Waals surface area contributed by atoms with Gasteiger partial charge in [0.2, 0.25) is 0 Å². The van der Waals surface area contributed by atoms with Crippen molar-refractivity contribution in [1.82, 2.24) is 0 Å². The van der Waals surface area contributed by atoms with Crippen molar-refractivity contribution in [2.45, 2.75) is 96.2 Å². The van der Waals surface area contributed by atoms with Crippen molar-refractivity contribution in [3.05, 3.63) is 48.6 Å².